The van der Waals surface area contributed by atoms with Crippen LogP contribution in [0.3, 0.4) is 0 Å². The zero-order valence-electron chi connectivity index (χ0n) is 17.2. The quantitative estimate of drug-likeness (QED) is 0.482. The van der Waals surface area contributed by atoms with Crippen LogP contribution in [0.1, 0.15) is 28.7 Å². The van der Waals surface area contributed by atoms with Gasteiger partial charge in [-0.15, -0.1) is 0 Å². The molecule has 1 fully saturated rings. The second-order valence-corrected chi connectivity index (χ2v) is 8.98. The monoisotopic (exact) mass is 542 g/mol. The van der Waals surface area contributed by atoms with E-state index in [1.54, 1.807) is 0 Å². The summed E-state index contributed by atoms with van der Waals surface area (Å²) in [6, 6.07) is 6.39. The predicted molar refractivity (Wildman–Crippen MR) is 111 cm³/mol. The molecule has 0 aliphatic carbocycles. The lowest BCUT2D eigenvalue weighted by Crippen LogP contribution is -2.60. The van der Waals surface area contributed by atoms with Gasteiger partial charge in [0.15, 0.2) is 0 Å². The fourth-order valence-corrected chi connectivity index (χ4v) is 4.40. The molecular formula is C21H14Cl2F6N2O4. The second-order valence-electron chi connectivity index (χ2n) is 8.20. The number of aliphatic hydroxyl groups is 1. The minimum absolute atomic E-state index is 0.161. The average Bonchev–Trinajstić information content (AvgIpc) is 3.19. The van der Waals surface area contributed by atoms with Crippen LogP contribution in [0.5, 0.6) is 0 Å². The lowest BCUT2D eigenvalue weighted by molar-refractivity contribution is -0.276. The minimum Gasteiger partial charge on any atom is -0.465 e. The zero-order chi connectivity index (χ0) is 26.0. The van der Waals surface area contributed by atoms with Crippen molar-refractivity contribution in [3.63, 3.8) is 0 Å². The van der Waals surface area contributed by atoms with Gasteiger partial charge in [0.05, 0.1) is 34.4 Å². The number of likely N-dealkylation sites (tertiary alicyclic amines) is 1. The third-order valence-corrected chi connectivity index (χ3v) is 6.72. The van der Waals surface area contributed by atoms with Crippen LogP contribution in [0.15, 0.2) is 41.6 Å². The molecule has 2 aromatic carbocycles. The van der Waals surface area contributed by atoms with Crippen molar-refractivity contribution < 1.29 is 46.2 Å². The van der Waals surface area contributed by atoms with Crippen LogP contribution >= 0.6 is 23.2 Å². The highest BCUT2D eigenvalue weighted by Crippen LogP contribution is 2.51. The Morgan fingerprint density at radius 1 is 1.03 bits per heavy atom. The van der Waals surface area contributed by atoms with Crippen molar-refractivity contribution in [2.24, 2.45) is 5.16 Å². The van der Waals surface area contributed by atoms with E-state index in [0.717, 1.165) is 4.90 Å². The fourth-order valence-electron chi connectivity index (χ4n) is 3.96. The summed E-state index contributed by atoms with van der Waals surface area (Å²) >= 11 is 11.3. The van der Waals surface area contributed by atoms with Crippen molar-refractivity contribution in [1.82, 2.24) is 4.90 Å². The third-order valence-electron chi connectivity index (χ3n) is 5.92. The maximum Gasteiger partial charge on any atom is 0.435 e. The summed E-state index contributed by atoms with van der Waals surface area (Å²) < 4.78 is 82.6. The molecule has 2 aliphatic rings. The number of benzene rings is 2. The molecular weight excluding hydrogens is 529 g/mol. The number of rotatable bonds is 3. The van der Waals surface area contributed by atoms with Crippen molar-refractivity contribution in [1.29, 1.82) is 0 Å². The Bertz CT molecular complexity index is 1210. The van der Waals surface area contributed by atoms with Crippen molar-refractivity contribution in [3.05, 3.63) is 68.7 Å². The van der Waals surface area contributed by atoms with E-state index in [-0.39, 0.29) is 30.4 Å². The largest absolute Gasteiger partial charge is 0.465 e. The molecule has 188 valence electrons. The number of hydrogen-bond donors (Lipinski definition) is 2. The standard InChI is InChI=1S/C21H14Cl2F6N2O4/c22-14-6-12(5-13(16(14)23)20(24,25)26)19(21(27,28)29)7-15(30-35-19)10-1-3-11(4-2-10)18(34)8-31(9-18)17(32)33/h1-6,34H,7-9H2,(H,32,33). The number of hydrogen-bond acceptors (Lipinski definition) is 4. The first-order valence-corrected chi connectivity index (χ1v) is 10.5. The van der Waals surface area contributed by atoms with E-state index < -0.39 is 57.2 Å². The summed E-state index contributed by atoms with van der Waals surface area (Å²) in [5, 5.41) is 21.3. The van der Waals surface area contributed by atoms with Gasteiger partial charge in [0.25, 0.3) is 5.60 Å². The summed E-state index contributed by atoms with van der Waals surface area (Å²) in [6.07, 6.45) is -12.4. The molecule has 1 saturated heterocycles. The van der Waals surface area contributed by atoms with Crippen LogP contribution in [0.2, 0.25) is 10.0 Å². The lowest BCUT2D eigenvalue weighted by Gasteiger charge is -2.45. The maximum atomic E-state index is 14.2. The van der Waals surface area contributed by atoms with Crippen LogP contribution in [-0.2, 0) is 22.2 Å². The predicted octanol–water partition coefficient (Wildman–Crippen LogP) is 5.78. The molecule has 4 rings (SSSR count). The highest BCUT2D eigenvalue weighted by atomic mass is 35.5. The first kappa shape index (κ1) is 25.4. The fraction of sp³-hybridized carbons (Fsp3) is 0.333. The molecule has 0 aromatic heterocycles. The van der Waals surface area contributed by atoms with Crippen LogP contribution in [0, 0.1) is 0 Å². The molecule has 2 aliphatic heterocycles. The Balaban J connectivity index is 1.64. The van der Waals surface area contributed by atoms with E-state index in [1.165, 1.54) is 24.3 Å². The molecule has 14 heteroatoms. The molecule has 2 aromatic rings. The van der Waals surface area contributed by atoms with Crippen LogP contribution in [0.4, 0.5) is 31.1 Å². The normalized spacial score (nSPS) is 21.9. The Morgan fingerprint density at radius 2 is 1.63 bits per heavy atom. The SMILES string of the molecule is O=C(O)N1CC(O)(c2ccc(C3=NOC(c4cc(Cl)c(Cl)c(C(F)(F)F)c4)(C(F)(F)F)C3)cc2)C1. The van der Waals surface area contributed by atoms with E-state index in [1.807, 2.05) is 0 Å². The van der Waals surface area contributed by atoms with Gasteiger partial charge < -0.3 is 20.0 Å². The number of oxime groups is 1. The molecule has 0 bridgehead atoms. The third kappa shape index (κ3) is 4.27. The van der Waals surface area contributed by atoms with E-state index in [0.29, 0.717) is 11.6 Å². The molecule has 2 heterocycles. The van der Waals surface area contributed by atoms with Gasteiger partial charge in [-0.3, -0.25) is 0 Å². The van der Waals surface area contributed by atoms with Gasteiger partial charge in [-0.2, -0.15) is 26.3 Å². The van der Waals surface area contributed by atoms with Crippen molar-refractivity contribution >= 4 is 35.0 Å². The summed E-state index contributed by atoms with van der Waals surface area (Å²) in [7, 11) is 0. The van der Waals surface area contributed by atoms with Gasteiger partial charge in [0.1, 0.15) is 5.60 Å². The van der Waals surface area contributed by atoms with Crippen LogP contribution in [-0.4, -0.2) is 46.2 Å². The molecule has 1 unspecified atom stereocenters. The summed E-state index contributed by atoms with van der Waals surface area (Å²) in [6.45, 7) is -0.358. The van der Waals surface area contributed by atoms with Gasteiger partial charge >= 0.3 is 18.4 Å². The topological polar surface area (TPSA) is 82.4 Å². The molecule has 0 spiro atoms. The van der Waals surface area contributed by atoms with Crippen LogP contribution < -0.4 is 0 Å². The van der Waals surface area contributed by atoms with Crippen LogP contribution in [0.25, 0.3) is 0 Å². The van der Waals surface area contributed by atoms with Crippen molar-refractivity contribution in [3.8, 4) is 0 Å². The molecule has 0 saturated carbocycles. The van der Waals surface area contributed by atoms with E-state index in [2.05, 4.69) is 5.16 Å². The number of halogens is 8. The van der Waals surface area contributed by atoms with Gasteiger partial charge in [-0.1, -0.05) is 52.6 Å². The molecule has 2 N–H and O–H groups in total. The molecule has 35 heavy (non-hydrogen) atoms. The van der Waals surface area contributed by atoms with Gasteiger partial charge in [0, 0.05) is 12.0 Å². The molecule has 0 radical (unpaired) electrons. The Morgan fingerprint density at radius 3 is 2.14 bits per heavy atom. The Hall–Kier alpha value is -2.70. The van der Waals surface area contributed by atoms with Gasteiger partial charge in [0.2, 0.25) is 0 Å². The van der Waals surface area contributed by atoms with E-state index in [9.17, 15) is 36.2 Å². The average molecular weight is 543 g/mol. The number of carboxylic acid groups (broad SMARTS) is 1. The second kappa shape index (κ2) is 8.17. The minimum atomic E-state index is -5.18. The summed E-state index contributed by atoms with van der Waals surface area (Å²) in [5.74, 6) is 0. The number of β-amino-alcohol motifs (C(OH)–C–C–N with tert-alkyl or cyclic N) is 1. The Labute approximate surface area is 203 Å². The highest BCUT2D eigenvalue weighted by Gasteiger charge is 2.63. The molecule has 6 nitrogen and oxygen atoms in total. The van der Waals surface area contributed by atoms with E-state index >= 15 is 0 Å². The number of nitrogens with zero attached hydrogens (tertiary/aromatic N) is 2. The van der Waals surface area contributed by atoms with E-state index in [4.69, 9.17) is 33.1 Å². The van der Waals surface area contributed by atoms with Gasteiger partial charge in [-0.25, -0.2) is 4.79 Å². The molecule has 1 amide bonds. The first-order valence-electron chi connectivity index (χ1n) is 9.77. The van der Waals surface area contributed by atoms with Crippen molar-refractivity contribution in [2.75, 3.05) is 13.1 Å². The first-order chi connectivity index (χ1) is 16.1. The maximum absolute atomic E-state index is 14.2. The summed E-state index contributed by atoms with van der Waals surface area (Å²) in [4.78, 5) is 16.7. The Kier molecular flexibility index (Phi) is 5.93. The number of amides is 1. The number of alkyl halides is 6. The molecule has 1 atom stereocenters. The lowest BCUT2D eigenvalue weighted by atomic mass is 9.84. The smallest absolute Gasteiger partial charge is 0.435 e. The summed E-state index contributed by atoms with van der Waals surface area (Å²) in [5.41, 5.74) is -6.87. The number of carbonyl (C=O) groups is 1. The van der Waals surface area contributed by atoms with Crippen molar-refractivity contribution in [2.45, 2.75) is 30.0 Å². The van der Waals surface area contributed by atoms with Gasteiger partial charge in [-0.05, 0) is 23.3 Å². The highest BCUT2D eigenvalue weighted by molar-refractivity contribution is 6.42. The zero-order valence-corrected chi connectivity index (χ0v) is 18.7.